The lowest BCUT2D eigenvalue weighted by molar-refractivity contribution is -0.131. The van der Waals surface area contributed by atoms with E-state index in [0.717, 1.165) is 16.3 Å². The number of amides is 1. The molecule has 1 heterocycles. The summed E-state index contributed by atoms with van der Waals surface area (Å²) in [5.74, 6) is 6.48. The normalized spacial score (nSPS) is 15.1. The van der Waals surface area contributed by atoms with Gasteiger partial charge in [-0.15, -0.1) is 0 Å². The van der Waals surface area contributed by atoms with Crippen molar-refractivity contribution in [3.05, 3.63) is 23.8 Å². The van der Waals surface area contributed by atoms with Crippen molar-refractivity contribution in [2.24, 2.45) is 11.6 Å². The van der Waals surface area contributed by atoms with Gasteiger partial charge < -0.3 is 15.2 Å². The zero-order valence-electron chi connectivity index (χ0n) is 10.3. The zero-order chi connectivity index (χ0) is 13.1. The highest BCUT2D eigenvalue weighted by Crippen LogP contribution is 2.30. The van der Waals surface area contributed by atoms with Crippen LogP contribution in [0.1, 0.15) is 5.56 Å². The number of hydrazine groups is 1. The summed E-state index contributed by atoms with van der Waals surface area (Å²) < 4.78 is 10.9. The zero-order valence-corrected chi connectivity index (χ0v) is 10.3. The summed E-state index contributed by atoms with van der Waals surface area (Å²) in [6, 6.07) is 4.89. The Kier molecular flexibility index (Phi) is 3.69. The molecule has 6 heteroatoms. The fourth-order valence-electron chi connectivity index (χ4n) is 1.82. The molecule has 0 aliphatic carbocycles. The van der Waals surface area contributed by atoms with Gasteiger partial charge in [0, 0.05) is 7.05 Å². The molecule has 0 saturated carbocycles. The van der Waals surface area contributed by atoms with Crippen LogP contribution < -0.4 is 21.1 Å². The lowest BCUT2D eigenvalue weighted by atomic mass is 10.1. The van der Waals surface area contributed by atoms with E-state index < -0.39 is 6.04 Å². The largest absolute Gasteiger partial charge is 0.486 e. The number of likely N-dealkylation sites (N-methyl/N-ethyl adjacent to an activating group) is 1. The Morgan fingerprint density at radius 2 is 2.06 bits per heavy atom. The molecule has 1 unspecified atom stereocenters. The van der Waals surface area contributed by atoms with Crippen LogP contribution in [0.2, 0.25) is 0 Å². The second kappa shape index (κ2) is 5.24. The molecule has 0 bridgehead atoms. The second-order valence-corrected chi connectivity index (χ2v) is 4.24. The number of hydrogen-bond acceptors (Lipinski definition) is 5. The molecule has 1 aromatic carbocycles. The van der Waals surface area contributed by atoms with Crippen molar-refractivity contribution in [1.82, 2.24) is 5.01 Å². The van der Waals surface area contributed by atoms with Gasteiger partial charge in [0.25, 0.3) is 5.91 Å². The SMILES string of the molecule is CN(N)C(=O)C(N)Cc1ccc2c(c1)OCCO2. The van der Waals surface area contributed by atoms with E-state index in [1.165, 1.54) is 7.05 Å². The predicted octanol–water partition coefficient (Wildman–Crippen LogP) is -0.340. The lowest BCUT2D eigenvalue weighted by Gasteiger charge is -2.20. The summed E-state index contributed by atoms with van der Waals surface area (Å²) in [7, 11) is 1.48. The molecule has 18 heavy (non-hydrogen) atoms. The standard InChI is InChI=1S/C12H17N3O3/c1-15(14)12(16)9(13)6-8-2-3-10-11(7-8)18-5-4-17-10/h2-3,7,9H,4-6,13-14H2,1H3. The highest BCUT2D eigenvalue weighted by Gasteiger charge is 2.18. The summed E-state index contributed by atoms with van der Waals surface area (Å²) in [5.41, 5.74) is 6.70. The van der Waals surface area contributed by atoms with Crippen LogP contribution in [-0.4, -0.2) is 37.2 Å². The number of carbonyl (C=O) groups is 1. The molecule has 0 spiro atoms. The van der Waals surface area contributed by atoms with Crippen LogP contribution in [0.5, 0.6) is 11.5 Å². The number of ether oxygens (including phenoxy) is 2. The average molecular weight is 251 g/mol. The van der Waals surface area contributed by atoms with E-state index in [2.05, 4.69) is 0 Å². The molecule has 1 amide bonds. The molecule has 2 rings (SSSR count). The molecule has 1 aliphatic rings. The maximum absolute atomic E-state index is 11.6. The molecule has 0 saturated heterocycles. The number of carbonyl (C=O) groups excluding carboxylic acids is 1. The van der Waals surface area contributed by atoms with Crippen LogP contribution in [0.3, 0.4) is 0 Å². The van der Waals surface area contributed by atoms with Gasteiger partial charge in [-0.05, 0) is 24.1 Å². The maximum Gasteiger partial charge on any atom is 0.253 e. The fourth-order valence-corrected chi connectivity index (χ4v) is 1.82. The molecule has 1 aliphatic heterocycles. The van der Waals surface area contributed by atoms with E-state index in [9.17, 15) is 4.79 Å². The van der Waals surface area contributed by atoms with Gasteiger partial charge >= 0.3 is 0 Å². The molecule has 4 N–H and O–H groups in total. The average Bonchev–Trinajstić information content (AvgIpc) is 2.37. The first kappa shape index (κ1) is 12.7. The van der Waals surface area contributed by atoms with Gasteiger partial charge in [0.2, 0.25) is 0 Å². The summed E-state index contributed by atoms with van der Waals surface area (Å²) in [5, 5.41) is 1.00. The molecular weight excluding hydrogens is 234 g/mol. The highest BCUT2D eigenvalue weighted by molar-refractivity contribution is 5.81. The first-order chi connectivity index (χ1) is 8.58. The highest BCUT2D eigenvalue weighted by atomic mass is 16.6. The van der Waals surface area contributed by atoms with Crippen molar-refractivity contribution in [3.63, 3.8) is 0 Å². The number of nitrogens with zero attached hydrogens (tertiary/aromatic N) is 1. The quantitative estimate of drug-likeness (QED) is 0.435. The van der Waals surface area contributed by atoms with Crippen LogP contribution in [-0.2, 0) is 11.2 Å². The smallest absolute Gasteiger partial charge is 0.253 e. The number of rotatable bonds is 3. The van der Waals surface area contributed by atoms with Crippen LogP contribution in [0.25, 0.3) is 0 Å². The summed E-state index contributed by atoms with van der Waals surface area (Å²) >= 11 is 0. The topological polar surface area (TPSA) is 90.8 Å². The minimum absolute atomic E-state index is 0.301. The van der Waals surface area contributed by atoms with E-state index in [1.54, 1.807) is 0 Å². The van der Waals surface area contributed by atoms with Crippen molar-refractivity contribution in [2.75, 3.05) is 20.3 Å². The number of benzene rings is 1. The lowest BCUT2D eigenvalue weighted by Crippen LogP contribution is -2.46. The molecule has 0 fully saturated rings. The first-order valence-electron chi connectivity index (χ1n) is 5.74. The van der Waals surface area contributed by atoms with E-state index in [0.29, 0.717) is 25.4 Å². The Bertz CT molecular complexity index is 448. The van der Waals surface area contributed by atoms with Gasteiger partial charge in [-0.2, -0.15) is 0 Å². The van der Waals surface area contributed by atoms with Crippen molar-refractivity contribution in [1.29, 1.82) is 0 Å². The Labute approximate surface area is 105 Å². The van der Waals surface area contributed by atoms with Gasteiger partial charge in [-0.3, -0.25) is 9.80 Å². The van der Waals surface area contributed by atoms with Crippen LogP contribution in [0.15, 0.2) is 18.2 Å². The number of fused-ring (bicyclic) bond motifs is 1. The Morgan fingerprint density at radius 3 is 2.72 bits per heavy atom. The van der Waals surface area contributed by atoms with Crippen molar-refractivity contribution in [3.8, 4) is 11.5 Å². The second-order valence-electron chi connectivity index (χ2n) is 4.24. The molecule has 0 aromatic heterocycles. The van der Waals surface area contributed by atoms with Crippen molar-refractivity contribution < 1.29 is 14.3 Å². The molecule has 6 nitrogen and oxygen atoms in total. The summed E-state index contributed by atoms with van der Waals surface area (Å²) in [6.45, 7) is 1.09. The van der Waals surface area contributed by atoms with Gasteiger partial charge in [-0.1, -0.05) is 6.07 Å². The molecule has 1 aromatic rings. The third-order valence-corrected chi connectivity index (χ3v) is 2.73. The Morgan fingerprint density at radius 1 is 1.39 bits per heavy atom. The third-order valence-electron chi connectivity index (χ3n) is 2.73. The van der Waals surface area contributed by atoms with Crippen molar-refractivity contribution in [2.45, 2.75) is 12.5 Å². The maximum atomic E-state index is 11.6. The summed E-state index contributed by atoms with van der Waals surface area (Å²) in [6.07, 6.45) is 0.414. The van der Waals surface area contributed by atoms with Crippen LogP contribution >= 0.6 is 0 Å². The summed E-state index contributed by atoms with van der Waals surface area (Å²) in [4.78, 5) is 11.6. The van der Waals surface area contributed by atoms with Gasteiger partial charge in [0.15, 0.2) is 11.5 Å². The number of nitrogens with two attached hydrogens (primary N) is 2. The first-order valence-corrected chi connectivity index (χ1v) is 5.74. The number of hydrogen-bond donors (Lipinski definition) is 2. The molecule has 1 atom stereocenters. The van der Waals surface area contributed by atoms with Crippen LogP contribution in [0, 0.1) is 0 Å². The Balaban J connectivity index is 2.08. The van der Waals surface area contributed by atoms with Gasteiger partial charge in [0.1, 0.15) is 13.2 Å². The van der Waals surface area contributed by atoms with Gasteiger partial charge in [0.05, 0.1) is 6.04 Å². The van der Waals surface area contributed by atoms with E-state index >= 15 is 0 Å². The van der Waals surface area contributed by atoms with E-state index in [4.69, 9.17) is 21.1 Å². The fraction of sp³-hybridized carbons (Fsp3) is 0.417. The minimum atomic E-state index is -0.650. The Hall–Kier alpha value is -1.79. The monoisotopic (exact) mass is 251 g/mol. The van der Waals surface area contributed by atoms with E-state index in [1.807, 2.05) is 18.2 Å². The third kappa shape index (κ3) is 2.72. The molecule has 98 valence electrons. The van der Waals surface area contributed by atoms with E-state index in [-0.39, 0.29) is 5.91 Å². The molecular formula is C12H17N3O3. The van der Waals surface area contributed by atoms with Crippen LogP contribution in [0.4, 0.5) is 0 Å². The minimum Gasteiger partial charge on any atom is -0.486 e. The van der Waals surface area contributed by atoms with Gasteiger partial charge in [-0.25, -0.2) is 5.84 Å². The molecule has 0 radical (unpaired) electrons. The predicted molar refractivity (Wildman–Crippen MR) is 66.1 cm³/mol. The van der Waals surface area contributed by atoms with Crippen molar-refractivity contribution >= 4 is 5.91 Å².